The lowest BCUT2D eigenvalue weighted by Gasteiger charge is -2.43. The summed E-state index contributed by atoms with van der Waals surface area (Å²) in [6.45, 7) is 12.0. The highest BCUT2D eigenvalue weighted by Gasteiger charge is 2.49. The number of rotatable bonds is 21. The van der Waals surface area contributed by atoms with Crippen molar-refractivity contribution >= 4 is 24.7 Å². The Morgan fingerprint density at radius 3 is 1.31 bits per heavy atom. The van der Waals surface area contributed by atoms with Crippen molar-refractivity contribution < 1.29 is 37.6 Å². The first-order chi connectivity index (χ1) is 18.9. The summed E-state index contributed by atoms with van der Waals surface area (Å²) in [6, 6.07) is 21.2. The monoisotopic (exact) mass is 562 g/mol. The van der Waals surface area contributed by atoms with Gasteiger partial charge in [-0.05, 0) is 15.4 Å². The molecule has 0 radical (unpaired) electrons. The van der Waals surface area contributed by atoms with E-state index in [0.717, 1.165) is 0 Å². The summed E-state index contributed by atoms with van der Waals surface area (Å²) < 4.78 is 38.9. The van der Waals surface area contributed by atoms with E-state index in [1.54, 1.807) is 0 Å². The van der Waals surface area contributed by atoms with Crippen LogP contribution in [-0.2, 0) is 37.6 Å². The van der Waals surface area contributed by atoms with E-state index in [9.17, 15) is 4.79 Å². The third-order valence-corrected chi connectivity index (χ3v) is 11.2. The maximum absolute atomic E-state index is 11.0. The molecule has 8 nitrogen and oxygen atoms in total. The Hall–Kier alpha value is -2.11. The summed E-state index contributed by atoms with van der Waals surface area (Å²) in [5, 5.41) is 2.48. The molecule has 0 fully saturated rings. The SMILES string of the molecule is COC(=O)CCOCCOCCOCCOCCOCCO[Si](c1ccccc1)(c1ccccc1)C(C)(C)C. The fourth-order valence-electron chi connectivity index (χ4n) is 4.25. The number of esters is 1. The maximum Gasteiger partial charge on any atom is 0.307 e. The van der Waals surface area contributed by atoms with E-state index in [-0.39, 0.29) is 17.4 Å². The van der Waals surface area contributed by atoms with Gasteiger partial charge >= 0.3 is 5.97 Å². The van der Waals surface area contributed by atoms with E-state index in [4.69, 9.17) is 28.1 Å². The van der Waals surface area contributed by atoms with E-state index in [1.807, 2.05) is 12.1 Å². The number of hydrogen-bond acceptors (Lipinski definition) is 8. The third-order valence-electron chi connectivity index (χ3n) is 6.13. The summed E-state index contributed by atoms with van der Waals surface area (Å²) in [4.78, 5) is 11.0. The van der Waals surface area contributed by atoms with Crippen LogP contribution < -0.4 is 10.4 Å². The van der Waals surface area contributed by atoms with Crippen LogP contribution in [0.3, 0.4) is 0 Å². The van der Waals surface area contributed by atoms with Gasteiger partial charge in [-0.3, -0.25) is 4.79 Å². The minimum Gasteiger partial charge on any atom is -0.469 e. The predicted octanol–water partition coefficient (Wildman–Crippen LogP) is 3.21. The van der Waals surface area contributed by atoms with Gasteiger partial charge in [-0.15, -0.1) is 0 Å². The van der Waals surface area contributed by atoms with Crippen molar-refractivity contribution in [3.63, 3.8) is 0 Å². The van der Waals surface area contributed by atoms with Gasteiger partial charge in [-0.2, -0.15) is 0 Å². The lowest BCUT2D eigenvalue weighted by Crippen LogP contribution is -2.66. The molecule has 218 valence electrons. The molecule has 39 heavy (non-hydrogen) atoms. The van der Waals surface area contributed by atoms with Crippen molar-refractivity contribution in [3.05, 3.63) is 60.7 Å². The molecule has 0 amide bonds. The smallest absolute Gasteiger partial charge is 0.307 e. The normalized spacial score (nSPS) is 12.0. The predicted molar refractivity (Wildman–Crippen MR) is 154 cm³/mol. The quantitative estimate of drug-likeness (QED) is 0.130. The first-order valence-electron chi connectivity index (χ1n) is 13.6. The van der Waals surface area contributed by atoms with Crippen LogP contribution in [-0.4, -0.2) is 94.1 Å². The molecule has 2 rings (SSSR count). The second-order valence-corrected chi connectivity index (χ2v) is 14.2. The molecule has 0 aliphatic rings. The van der Waals surface area contributed by atoms with E-state index < -0.39 is 8.32 Å². The van der Waals surface area contributed by atoms with Gasteiger partial charge in [-0.1, -0.05) is 81.4 Å². The van der Waals surface area contributed by atoms with Gasteiger partial charge in [0, 0.05) is 0 Å². The van der Waals surface area contributed by atoms with Crippen LogP contribution in [0.5, 0.6) is 0 Å². The Kier molecular flexibility index (Phi) is 16.2. The van der Waals surface area contributed by atoms with Crippen molar-refractivity contribution in [2.24, 2.45) is 0 Å². The molecule has 0 atom stereocenters. The Morgan fingerprint density at radius 2 is 0.949 bits per heavy atom. The maximum atomic E-state index is 11.0. The van der Waals surface area contributed by atoms with Crippen LogP contribution in [0.4, 0.5) is 0 Å². The van der Waals surface area contributed by atoms with E-state index in [0.29, 0.717) is 72.7 Å². The molecule has 2 aromatic carbocycles. The van der Waals surface area contributed by atoms with Crippen LogP contribution in [0.15, 0.2) is 60.7 Å². The Morgan fingerprint density at radius 1 is 0.590 bits per heavy atom. The van der Waals surface area contributed by atoms with E-state index in [2.05, 4.69) is 74.0 Å². The standard InChI is InChI=1S/C30H46O8Si/c1-30(2,3)39(27-11-7-5-8-12-27,28-13-9-6-10-14-28)38-26-25-37-24-23-36-22-21-35-20-19-34-18-17-33-16-15-29(31)32-4/h5-14H,15-26H2,1-4H3. The van der Waals surface area contributed by atoms with Crippen LogP contribution >= 0.6 is 0 Å². The molecule has 2 aromatic rings. The van der Waals surface area contributed by atoms with Crippen molar-refractivity contribution in [1.82, 2.24) is 0 Å². The van der Waals surface area contributed by atoms with Gasteiger partial charge in [0.15, 0.2) is 0 Å². The molecule has 0 saturated carbocycles. The number of benzene rings is 2. The van der Waals surface area contributed by atoms with Gasteiger partial charge in [-0.25, -0.2) is 0 Å². The highest BCUT2D eigenvalue weighted by atomic mass is 28.4. The molecule has 0 N–H and O–H groups in total. The highest BCUT2D eigenvalue weighted by molar-refractivity contribution is 6.99. The number of ether oxygens (including phenoxy) is 6. The molecule has 0 aliphatic carbocycles. The molecular weight excluding hydrogens is 516 g/mol. The van der Waals surface area contributed by atoms with Gasteiger partial charge in [0.05, 0.1) is 86.2 Å². The largest absolute Gasteiger partial charge is 0.469 e. The number of carbonyl (C=O) groups is 1. The molecule has 0 spiro atoms. The zero-order valence-corrected chi connectivity index (χ0v) is 25.0. The molecule has 9 heteroatoms. The molecule has 0 bridgehead atoms. The summed E-state index contributed by atoms with van der Waals surface area (Å²) in [6.07, 6.45) is 0.250. The highest BCUT2D eigenvalue weighted by Crippen LogP contribution is 2.36. The zero-order chi connectivity index (χ0) is 28.2. The van der Waals surface area contributed by atoms with Crippen LogP contribution in [0.1, 0.15) is 27.2 Å². The van der Waals surface area contributed by atoms with Crippen LogP contribution in [0.2, 0.25) is 5.04 Å². The molecule has 0 unspecified atom stereocenters. The van der Waals surface area contributed by atoms with Crippen molar-refractivity contribution in [2.75, 3.05) is 79.8 Å². The average Bonchev–Trinajstić information content (AvgIpc) is 2.94. The van der Waals surface area contributed by atoms with Gasteiger partial charge in [0.25, 0.3) is 8.32 Å². The summed E-state index contributed by atoms with van der Waals surface area (Å²) >= 11 is 0. The minimum atomic E-state index is -2.53. The number of carbonyl (C=O) groups excluding carboxylic acids is 1. The van der Waals surface area contributed by atoms with Crippen molar-refractivity contribution in [2.45, 2.75) is 32.2 Å². The Balaban J connectivity index is 1.57. The van der Waals surface area contributed by atoms with Gasteiger partial charge < -0.3 is 32.8 Å². The van der Waals surface area contributed by atoms with Crippen LogP contribution in [0.25, 0.3) is 0 Å². The molecule has 0 aliphatic heterocycles. The molecular formula is C30H46O8Si. The second kappa shape index (κ2) is 19.0. The minimum absolute atomic E-state index is 0.0522. The first kappa shape index (κ1) is 33.1. The Labute approximate surface area is 235 Å². The van der Waals surface area contributed by atoms with Crippen molar-refractivity contribution in [3.8, 4) is 0 Å². The molecule has 0 aromatic heterocycles. The number of methoxy groups -OCH3 is 1. The summed E-state index contributed by atoms with van der Waals surface area (Å²) in [5.74, 6) is -0.279. The summed E-state index contributed by atoms with van der Waals surface area (Å²) in [5.41, 5.74) is 0. The zero-order valence-electron chi connectivity index (χ0n) is 24.0. The van der Waals surface area contributed by atoms with E-state index in [1.165, 1.54) is 17.5 Å². The summed E-state index contributed by atoms with van der Waals surface area (Å²) in [7, 11) is -1.17. The van der Waals surface area contributed by atoms with Crippen LogP contribution in [0, 0.1) is 0 Å². The van der Waals surface area contributed by atoms with E-state index >= 15 is 0 Å². The van der Waals surface area contributed by atoms with Gasteiger partial charge in [0.2, 0.25) is 0 Å². The average molecular weight is 563 g/mol. The Bertz CT molecular complexity index is 849. The van der Waals surface area contributed by atoms with Gasteiger partial charge in [0.1, 0.15) is 0 Å². The van der Waals surface area contributed by atoms with Crippen molar-refractivity contribution in [1.29, 1.82) is 0 Å². The lowest BCUT2D eigenvalue weighted by molar-refractivity contribution is -0.141. The first-order valence-corrected chi connectivity index (χ1v) is 15.5. The lowest BCUT2D eigenvalue weighted by atomic mass is 10.2. The fraction of sp³-hybridized carbons (Fsp3) is 0.567. The molecule has 0 heterocycles. The molecule has 0 saturated heterocycles. The third kappa shape index (κ3) is 11.9. The second-order valence-electron chi connectivity index (χ2n) is 9.90. The number of hydrogen-bond donors (Lipinski definition) is 0. The topological polar surface area (TPSA) is 81.7 Å². The fourth-order valence-corrected chi connectivity index (χ4v) is 8.80.